The Kier molecular flexibility index (Phi) is 5.64. The SMILES string of the molecule is COP(=O)(O)OC1=CC(=O)C=C2CC[C@@H]3[C@H]([C@@H](O)C[C@@]4(C)[C@H]3CC[C@]4(O)C(=O)CO)[C@]21C. The number of phosphoric acid groups is 1. The highest BCUT2D eigenvalue weighted by Gasteiger charge is 2.69. The fourth-order valence-electron chi connectivity index (χ4n) is 7.28. The zero-order valence-corrected chi connectivity index (χ0v) is 19.4. The molecule has 0 aromatic rings. The summed E-state index contributed by atoms with van der Waals surface area (Å²) in [5, 5.41) is 32.1. The summed E-state index contributed by atoms with van der Waals surface area (Å²) in [6, 6.07) is 0. The molecule has 178 valence electrons. The third kappa shape index (κ3) is 3.13. The number of hydrogen-bond acceptors (Lipinski definition) is 8. The first kappa shape index (κ1) is 23.8. The van der Waals surface area contributed by atoms with Crippen LogP contribution in [0.3, 0.4) is 0 Å². The lowest BCUT2D eigenvalue weighted by molar-refractivity contribution is -0.180. The summed E-state index contributed by atoms with van der Waals surface area (Å²) < 4.78 is 22.1. The molecule has 8 atom stereocenters. The van der Waals surface area contributed by atoms with Crippen molar-refractivity contribution in [3.8, 4) is 0 Å². The van der Waals surface area contributed by atoms with Gasteiger partial charge in [-0.2, -0.15) is 0 Å². The number of allylic oxidation sites excluding steroid dienone is 3. The Morgan fingerprint density at radius 3 is 2.59 bits per heavy atom. The molecule has 0 spiro atoms. The first-order valence-electron chi connectivity index (χ1n) is 10.9. The molecule has 4 aliphatic carbocycles. The number of Topliss-reactive ketones (excluding diaryl/α,β-unsaturated/α-hetero) is 1. The number of hydrogen-bond donors (Lipinski definition) is 4. The largest absolute Gasteiger partial charge is 0.526 e. The van der Waals surface area contributed by atoms with E-state index >= 15 is 0 Å². The third-order valence-corrected chi connectivity index (χ3v) is 9.73. The summed E-state index contributed by atoms with van der Waals surface area (Å²) in [7, 11) is -3.42. The maximum Gasteiger partial charge on any atom is 0.526 e. The van der Waals surface area contributed by atoms with Crippen LogP contribution in [0.1, 0.15) is 46.0 Å². The van der Waals surface area contributed by atoms with E-state index in [4.69, 9.17) is 4.52 Å². The number of ketones is 2. The second-order valence-corrected chi connectivity index (χ2v) is 11.5. The summed E-state index contributed by atoms with van der Waals surface area (Å²) in [5.41, 5.74) is -2.93. The van der Waals surface area contributed by atoms with Crippen LogP contribution in [-0.4, -0.2) is 57.2 Å². The molecule has 0 radical (unpaired) electrons. The Labute approximate surface area is 186 Å². The van der Waals surface area contributed by atoms with E-state index in [1.165, 1.54) is 12.2 Å². The molecule has 0 aliphatic heterocycles. The van der Waals surface area contributed by atoms with Crippen molar-refractivity contribution in [2.75, 3.05) is 13.7 Å². The first-order valence-corrected chi connectivity index (χ1v) is 12.4. The second kappa shape index (κ2) is 7.58. The van der Waals surface area contributed by atoms with Gasteiger partial charge >= 0.3 is 7.82 Å². The van der Waals surface area contributed by atoms with Gasteiger partial charge in [0.2, 0.25) is 0 Å². The molecule has 32 heavy (non-hydrogen) atoms. The number of aliphatic hydroxyl groups is 3. The fourth-order valence-corrected chi connectivity index (χ4v) is 7.84. The van der Waals surface area contributed by atoms with Gasteiger partial charge in [-0.05, 0) is 56.9 Å². The number of rotatable bonds is 5. The summed E-state index contributed by atoms with van der Waals surface area (Å²) in [5.74, 6) is -1.71. The van der Waals surface area contributed by atoms with E-state index in [-0.39, 0.29) is 36.2 Å². The Morgan fingerprint density at radius 1 is 1.28 bits per heavy atom. The van der Waals surface area contributed by atoms with E-state index in [1.807, 2.05) is 0 Å². The minimum Gasteiger partial charge on any atom is -0.408 e. The zero-order valence-electron chi connectivity index (χ0n) is 18.5. The number of aliphatic hydroxyl groups excluding tert-OH is 2. The van der Waals surface area contributed by atoms with Crippen LogP contribution >= 0.6 is 7.82 Å². The van der Waals surface area contributed by atoms with Gasteiger partial charge < -0.3 is 19.8 Å². The minimum atomic E-state index is -4.46. The normalized spacial score (nSPS) is 45.0. The lowest BCUT2D eigenvalue weighted by Crippen LogP contribution is -2.62. The van der Waals surface area contributed by atoms with Crippen LogP contribution in [0, 0.1) is 28.6 Å². The van der Waals surface area contributed by atoms with Crippen LogP contribution in [-0.2, 0) is 23.2 Å². The molecule has 1 unspecified atom stereocenters. The van der Waals surface area contributed by atoms with Crippen molar-refractivity contribution >= 4 is 19.4 Å². The van der Waals surface area contributed by atoms with Crippen molar-refractivity contribution in [3.05, 3.63) is 23.5 Å². The Hall–Kier alpha value is -1.35. The predicted molar refractivity (Wildman–Crippen MR) is 112 cm³/mol. The van der Waals surface area contributed by atoms with Crippen molar-refractivity contribution in [2.24, 2.45) is 28.6 Å². The van der Waals surface area contributed by atoms with E-state index in [0.717, 1.165) is 12.7 Å². The smallest absolute Gasteiger partial charge is 0.408 e. The van der Waals surface area contributed by atoms with Crippen LogP contribution in [0.25, 0.3) is 0 Å². The van der Waals surface area contributed by atoms with Crippen molar-refractivity contribution < 1.29 is 43.4 Å². The highest BCUT2D eigenvalue weighted by Crippen LogP contribution is 2.69. The molecule has 0 bridgehead atoms. The molecule has 4 N–H and O–H groups in total. The van der Waals surface area contributed by atoms with Gasteiger partial charge in [-0.1, -0.05) is 12.5 Å². The lowest BCUT2D eigenvalue weighted by atomic mass is 9.46. The monoisotopic (exact) mass is 470 g/mol. The molecular weight excluding hydrogens is 439 g/mol. The van der Waals surface area contributed by atoms with Gasteiger partial charge in [0.15, 0.2) is 11.6 Å². The summed E-state index contributed by atoms with van der Waals surface area (Å²) in [6.07, 6.45) is 3.71. The maximum absolute atomic E-state index is 12.5. The Bertz CT molecular complexity index is 957. The average Bonchev–Trinajstić information content (AvgIpc) is 2.99. The molecule has 9 nitrogen and oxygen atoms in total. The first-order chi connectivity index (χ1) is 14.8. The van der Waals surface area contributed by atoms with Crippen molar-refractivity contribution in [1.29, 1.82) is 0 Å². The van der Waals surface area contributed by atoms with E-state index < -0.39 is 48.7 Å². The predicted octanol–water partition coefficient (Wildman–Crippen LogP) is 1.65. The number of carbonyl (C=O) groups excluding carboxylic acids is 2. The van der Waals surface area contributed by atoms with E-state index in [0.29, 0.717) is 19.3 Å². The topological polar surface area (TPSA) is 151 Å². The molecule has 0 saturated heterocycles. The summed E-state index contributed by atoms with van der Waals surface area (Å²) in [6.45, 7) is 2.84. The summed E-state index contributed by atoms with van der Waals surface area (Å²) in [4.78, 5) is 34.8. The van der Waals surface area contributed by atoms with Crippen molar-refractivity contribution in [3.63, 3.8) is 0 Å². The molecule has 4 aliphatic rings. The van der Waals surface area contributed by atoms with Crippen LogP contribution in [0.5, 0.6) is 0 Å². The number of fused-ring (bicyclic) bond motifs is 5. The maximum atomic E-state index is 12.5. The molecule has 0 aromatic heterocycles. The molecule has 0 amide bonds. The van der Waals surface area contributed by atoms with Gasteiger partial charge in [-0.3, -0.25) is 19.0 Å². The third-order valence-electron chi connectivity index (χ3n) is 8.84. The minimum absolute atomic E-state index is 0.00951. The highest BCUT2D eigenvalue weighted by atomic mass is 31.2. The van der Waals surface area contributed by atoms with Crippen molar-refractivity contribution in [2.45, 2.75) is 57.7 Å². The quantitative estimate of drug-likeness (QED) is 0.440. The molecule has 3 fully saturated rings. The number of phosphoric ester groups is 1. The van der Waals surface area contributed by atoms with Gasteiger partial charge in [0.05, 0.1) is 11.5 Å². The highest BCUT2D eigenvalue weighted by molar-refractivity contribution is 7.47. The Balaban J connectivity index is 1.78. The molecule has 10 heteroatoms. The zero-order chi connectivity index (χ0) is 23.7. The van der Waals surface area contributed by atoms with E-state index in [2.05, 4.69) is 4.52 Å². The van der Waals surface area contributed by atoms with Crippen molar-refractivity contribution in [1.82, 2.24) is 0 Å². The summed E-state index contributed by atoms with van der Waals surface area (Å²) >= 11 is 0. The van der Waals surface area contributed by atoms with Gasteiger partial charge in [0.1, 0.15) is 18.0 Å². The van der Waals surface area contributed by atoms with E-state index in [9.17, 15) is 34.4 Å². The molecule has 3 saturated carbocycles. The van der Waals surface area contributed by atoms with Crippen LogP contribution in [0.4, 0.5) is 0 Å². The second-order valence-electron chi connectivity index (χ2n) is 10.0. The number of carbonyl (C=O) groups is 2. The Morgan fingerprint density at radius 2 is 1.97 bits per heavy atom. The average molecular weight is 470 g/mol. The van der Waals surface area contributed by atoms with Gasteiger partial charge in [0, 0.05) is 24.5 Å². The molecule has 4 rings (SSSR count). The standard InChI is InChI=1S/C22H31O9P/c1-20-10-16(25)19-14(15(20)6-7-22(20,27)17(26)11-23)5-4-12-8-13(24)9-18(21(12,19)2)31-32(28,29)30-3/h8-9,14-16,19,23,25,27H,4-7,10-11H2,1-3H3,(H,28,29)/t14-,15-,16-,19+,20-,21+,22-/m0/s1. The van der Waals surface area contributed by atoms with Crippen LogP contribution < -0.4 is 0 Å². The van der Waals surface area contributed by atoms with Crippen LogP contribution in [0.15, 0.2) is 23.5 Å². The van der Waals surface area contributed by atoms with Crippen LogP contribution in [0.2, 0.25) is 0 Å². The van der Waals surface area contributed by atoms with Gasteiger partial charge in [-0.15, -0.1) is 0 Å². The van der Waals surface area contributed by atoms with Gasteiger partial charge in [0.25, 0.3) is 0 Å². The van der Waals surface area contributed by atoms with E-state index in [1.54, 1.807) is 13.8 Å². The molecule has 0 heterocycles. The molecule has 0 aromatic carbocycles. The van der Waals surface area contributed by atoms with Gasteiger partial charge in [-0.25, -0.2) is 4.57 Å². The molecular formula is C22H31O9P. The fraction of sp³-hybridized carbons (Fsp3) is 0.727. The lowest BCUT2D eigenvalue weighted by Gasteiger charge is -2.60.